The van der Waals surface area contributed by atoms with Crippen molar-refractivity contribution in [3.05, 3.63) is 29.8 Å². The highest BCUT2D eigenvalue weighted by Crippen LogP contribution is 2.31. The van der Waals surface area contributed by atoms with Crippen LogP contribution in [0.5, 0.6) is 5.75 Å². The number of rotatable bonds is 3. The summed E-state index contributed by atoms with van der Waals surface area (Å²) in [5.41, 5.74) is 1.07. The molecule has 2 N–H and O–H groups in total. The van der Waals surface area contributed by atoms with Gasteiger partial charge in [-0.3, -0.25) is 4.79 Å². The van der Waals surface area contributed by atoms with Crippen molar-refractivity contribution in [1.82, 2.24) is 10.6 Å². The predicted molar refractivity (Wildman–Crippen MR) is 61.4 cm³/mol. The van der Waals surface area contributed by atoms with E-state index in [0.717, 1.165) is 17.7 Å². The van der Waals surface area contributed by atoms with E-state index in [1.54, 1.807) is 7.05 Å². The van der Waals surface area contributed by atoms with Crippen LogP contribution >= 0.6 is 0 Å². The van der Waals surface area contributed by atoms with E-state index in [1.165, 1.54) is 0 Å². The molecule has 86 valence electrons. The Morgan fingerprint density at radius 2 is 2.31 bits per heavy atom. The van der Waals surface area contributed by atoms with Gasteiger partial charge in [0.25, 0.3) is 0 Å². The molecule has 1 heterocycles. The topological polar surface area (TPSA) is 50.4 Å². The predicted octanol–water partition coefficient (Wildman–Crippen LogP) is 0.846. The molecule has 0 bridgehead atoms. The fourth-order valence-corrected chi connectivity index (χ4v) is 1.90. The van der Waals surface area contributed by atoms with Crippen LogP contribution < -0.4 is 15.4 Å². The lowest BCUT2D eigenvalue weighted by atomic mass is 10.0. The van der Waals surface area contributed by atoms with Crippen LogP contribution in [0.1, 0.15) is 18.0 Å². The fourth-order valence-electron chi connectivity index (χ4n) is 1.90. The number of carbonyl (C=O) groups excluding carboxylic acids is 1. The Bertz CT molecular complexity index is 379. The molecule has 1 unspecified atom stereocenters. The summed E-state index contributed by atoms with van der Waals surface area (Å²) in [6, 6.07) is 7.91. The average Bonchev–Trinajstić information content (AvgIpc) is 2.30. The third-order valence-electron chi connectivity index (χ3n) is 2.63. The third kappa shape index (κ3) is 2.33. The molecule has 0 saturated heterocycles. The number of amides is 1. The zero-order chi connectivity index (χ0) is 11.4. The van der Waals surface area contributed by atoms with E-state index in [1.807, 2.05) is 24.3 Å². The summed E-state index contributed by atoms with van der Waals surface area (Å²) < 4.78 is 5.53. The second-order valence-electron chi connectivity index (χ2n) is 3.83. The first-order chi connectivity index (χ1) is 7.81. The van der Waals surface area contributed by atoms with Crippen LogP contribution in [-0.4, -0.2) is 26.1 Å². The fraction of sp³-hybridized carbons (Fsp3) is 0.417. The van der Waals surface area contributed by atoms with Crippen molar-refractivity contribution in [2.24, 2.45) is 0 Å². The lowest BCUT2D eigenvalue weighted by molar-refractivity contribution is -0.121. The summed E-state index contributed by atoms with van der Waals surface area (Å²) in [4.78, 5) is 11.5. The van der Waals surface area contributed by atoms with Crippen LogP contribution in [-0.2, 0) is 4.79 Å². The Balaban J connectivity index is 2.10. The second kappa shape index (κ2) is 4.99. The Morgan fingerprint density at radius 3 is 3.12 bits per heavy atom. The van der Waals surface area contributed by atoms with Gasteiger partial charge >= 0.3 is 0 Å². The van der Waals surface area contributed by atoms with Gasteiger partial charge in [-0.2, -0.15) is 0 Å². The van der Waals surface area contributed by atoms with Gasteiger partial charge in [-0.25, -0.2) is 0 Å². The van der Waals surface area contributed by atoms with Crippen LogP contribution in [0.4, 0.5) is 0 Å². The normalized spacial score (nSPS) is 18.4. The summed E-state index contributed by atoms with van der Waals surface area (Å²) in [7, 11) is 1.76. The monoisotopic (exact) mass is 220 g/mol. The highest BCUT2D eigenvalue weighted by molar-refractivity contribution is 5.78. The standard InChI is InChI=1S/C12H16N2O2/c1-13-8-12(15)14-10-6-7-16-11-5-3-2-4-9(10)11/h2-5,10,13H,6-8H2,1H3,(H,14,15). The maximum absolute atomic E-state index is 11.5. The molecule has 1 aliphatic rings. The zero-order valence-corrected chi connectivity index (χ0v) is 9.32. The molecule has 1 aromatic carbocycles. The van der Waals surface area contributed by atoms with Gasteiger partial charge in [0.05, 0.1) is 19.2 Å². The van der Waals surface area contributed by atoms with Crippen LogP contribution in [0.15, 0.2) is 24.3 Å². The van der Waals surface area contributed by atoms with Crippen molar-refractivity contribution in [3.63, 3.8) is 0 Å². The maximum Gasteiger partial charge on any atom is 0.234 e. The first-order valence-electron chi connectivity index (χ1n) is 5.47. The molecule has 1 aliphatic heterocycles. The number of hydrogen-bond acceptors (Lipinski definition) is 3. The Kier molecular flexibility index (Phi) is 3.41. The molecule has 0 saturated carbocycles. The van der Waals surface area contributed by atoms with Crippen molar-refractivity contribution in [2.45, 2.75) is 12.5 Å². The van der Waals surface area contributed by atoms with E-state index < -0.39 is 0 Å². The molecule has 0 spiro atoms. The van der Waals surface area contributed by atoms with E-state index >= 15 is 0 Å². The van der Waals surface area contributed by atoms with Gasteiger partial charge in [-0.05, 0) is 13.1 Å². The summed E-state index contributed by atoms with van der Waals surface area (Å²) in [6.07, 6.45) is 0.826. The number of para-hydroxylation sites is 1. The minimum Gasteiger partial charge on any atom is -0.493 e. The molecule has 2 rings (SSSR count). The van der Waals surface area contributed by atoms with Crippen molar-refractivity contribution in [3.8, 4) is 5.75 Å². The maximum atomic E-state index is 11.5. The number of nitrogens with one attached hydrogen (secondary N) is 2. The lowest BCUT2D eigenvalue weighted by Crippen LogP contribution is -2.37. The van der Waals surface area contributed by atoms with Crippen LogP contribution in [0.3, 0.4) is 0 Å². The quantitative estimate of drug-likeness (QED) is 0.794. The summed E-state index contributed by atoms with van der Waals surface area (Å²) >= 11 is 0. The number of carbonyl (C=O) groups is 1. The van der Waals surface area contributed by atoms with Gasteiger partial charge in [0.15, 0.2) is 0 Å². The summed E-state index contributed by atoms with van der Waals surface area (Å²) in [5.74, 6) is 0.896. The number of fused-ring (bicyclic) bond motifs is 1. The van der Waals surface area contributed by atoms with Gasteiger partial charge < -0.3 is 15.4 Å². The number of ether oxygens (including phenoxy) is 1. The van der Waals surface area contributed by atoms with Crippen LogP contribution in [0.2, 0.25) is 0 Å². The van der Waals surface area contributed by atoms with Crippen molar-refractivity contribution in [2.75, 3.05) is 20.2 Å². The van der Waals surface area contributed by atoms with E-state index in [2.05, 4.69) is 10.6 Å². The van der Waals surface area contributed by atoms with Crippen molar-refractivity contribution >= 4 is 5.91 Å². The summed E-state index contributed by atoms with van der Waals surface area (Å²) in [6.45, 7) is 1.00. The highest BCUT2D eigenvalue weighted by Gasteiger charge is 2.21. The second-order valence-corrected chi connectivity index (χ2v) is 3.83. The molecule has 0 aliphatic carbocycles. The molecule has 1 atom stereocenters. The summed E-state index contributed by atoms with van der Waals surface area (Å²) in [5, 5.41) is 5.83. The lowest BCUT2D eigenvalue weighted by Gasteiger charge is -2.26. The molecule has 4 nitrogen and oxygen atoms in total. The number of hydrogen-bond donors (Lipinski definition) is 2. The van der Waals surface area contributed by atoms with E-state index in [0.29, 0.717) is 13.2 Å². The molecule has 4 heteroatoms. The third-order valence-corrected chi connectivity index (χ3v) is 2.63. The minimum atomic E-state index is 0.0178. The molecular formula is C12H16N2O2. The van der Waals surface area contributed by atoms with Gasteiger partial charge in [0.2, 0.25) is 5.91 Å². The molecular weight excluding hydrogens is 204 g/mol. The van der Waals surface area contributed by atoms with Crippen LogP contribution in [0.25, 0.3) is 0 Å². The molecule has 1 amide bonds. The minimum absolute atomic E-state index is 0.0178. The highest BCUT2D eigenvalue weighted by atomic mass is 16.5. The Labute approximate surface area is 95.0 Å². The SMILES string of the molecule is CNCC(=O)NC1CCOc2ccccc21. The van der Waals surface area contributed by atoms with Crippen LogP contribution in [0, 0.1) is 0 Å². The Morgan fingerprint density at radius 1 is 1.50 bits per heavy atom. The first kappa shape index (κ1) is 11.0. The molecule has 0 radical (unpaired) electrons. The van der Waals surface area contributed by atoms with Gasteiger partial charge in [-0.15, -0.1) is 0 Å². The van der Waals surface area contributed by atoms with E-state index in [9.17, 15) is 4.79 Å². The molecule has 16 heavy (non-hydrogen) atoms. The number of benzene rings is 1. The molecule has 1 aromatic rings. The molecule has 0 aromatic heterocycles. The molecule has 0 fully saturated rings. The zero-order valence-electron chi connectivity index (χ0n) is 9.32. The van der Waals surface area contributed by atoms with Gasteiger partial charge in [0, 0.05) is 12.0 Å². The first-order valence-corrected chi connectivity index (χ1v) is 5.47. The smallest absolute Gasteiger partial charge is 0.234 e. The average molecular weight is 220 g/mol. The van der Waals surface area contributed by atoms with E-state index in [-0.39, 0.29) is 11.9 Å². The largest absolute Gasteiger partial charge is 0.493 e. The van der Waals surface area contributed by atoms with Gasteiger partial charge in [-0.1, -0.05) is 18.2 Å². The number of likely N-dealkylation sites (N-methyl/N-ethyl adjacent to an activating group) is 1. The van der Waals surface area contributed by atoms with E-state index in [4.69, 9.17) is 4.74 Å². The Hall–Kier alpha value is -1.55. The van der Waals surface area contributed by atoms with Gasteiger partial charge in [0.1, 0.15) is 5.75 Å². The van der Waals surface area contributed by atoms with Crippen molar-refractivity contribution in [1.29, 1.82) is 0 Å². The van der Waals surface area contributed by atoms with Crippen molar-refractivity contribution < 1.29 is 9.53 Å².